The molecule has 1 aromatic rings. The quantitative estimate of drug-likeness (QED) is 0.905. The number of thioether (sulfide) groups is 1. The van der Waals surface area contributed by atoms with E-state index in [-0.39, 0.29) is 11.2 Å². The molecule has 1 aliphatic rings. The molecule has 1 atom stereocenters. The summed E-state index contributed by atoms with van der Waals surface area (Å²) in [6.07, 6.45) is 1.07. The summed E-state index contributed by atoms with van der Waals surface area (Å²) in [6, 6.07) is 8.82. The maximum absolute atomic E-state index is 12.4. The van der Waals surface area contributed by atoms with Crippen LogP contribution in [0.4, 0.5) is 0 Å². The lowest BCUT2D eigenvalue weighted by atomic mass is 10.0. The van der Waals surface area contributed by atoms with Crippen LogP contribution in [0.3, 0.4) is 0 Å². The molecule has 4 heteroatoms. The van der Waals surface area contributed by atoms with Crippen LogP contribution in [0.2, 0.25) is 0 Å². The predicted octanol–water partition coefficient (Wildman–Crippen LogP) is 2.47. The van der Waals surface area contributed by atoms with E-state index in [9.17, 15) is 4.79 Å². The highest BCUT2D eigenvalue weighted by molar-refractivity contribution is 8.00. The van der Waals surface area contributed by atoms with E-state index in [1.165, 1.54) is 11.1 Å². The lowest BCUT2D eigenvalue weighted by molar-refractivity contribution is -0.120. The molecule has 0 radical (unpaired) electrons. The Morgan fingerprint density at radius 2 is 2.20 bits per heavy atom. The first-order valence-corrected chi connectivity index (χ1v) is 8.32. The van der Waals surface area contributed by atoms with Gasteiger partial charge in [0.15, 0.2) is 0 Å². The average molecular weight is 292 g/mol. The monoisotopic (exact) mass is 292 g/mol. The molecule has 0 unspecified atom stereocenters. The lowest BCUT2D eigenvalue weighted by Gasteiger charge is -2.25. The Labute approximate surface area is 126 Å². The smallest absolute Gasteiger partial charge is 0.237 e. The largest absolute Gasteiger partial charge is 0.354 e. The van der Waals surface area contributed by atoms with Crippen LogP contribution in [0, 0.1) is 0 Å². The number of nitrogens with one attached hydrogen (secondary N) is 1. The van der Waals surface area contributed by atoms with Crippen molar-refractivity contribution in [1.29, 1.82) is 0 Å². The zero-order valence-corrected chi connectivity index (χ0v) is 13.4. The second kappa shape index (κ2) is 7.14. The molecule has 0 aliphatic carbocycles. The van der Waals surface area contributed by atoms with Gasteiger partial charge < -0.3 is 10.2 Å². The number of amides is 1. The van der Waals surface area contributed by atoms with Crippen molar-refractivity contribution in [1.82, 2.24) is 10.2 Å². The van der Waals surface area contributed by atoms with Gasteiger partial charge in [0, 0.05) is 19.1 Å². The van der Waals surface area contributed by atoms with Gasteiger partial charge in [-0.2, -0.15) is 0 Å². The molecule has 0 fully saturated rings. The van der Waals surface area contributed by atoms with Gasteiger partial charge in [-0.05, 0) is 44.2 Å². The SMILES string of the molecule is CC(C)N(C)CCNC(=O)[C@@H]1SCCc2ccccc21. The number of benzene rings is 1. The van der Waals surface area contributed by atoms with Gasteiger partial charge in [0.25, 0.3) is 0 Å². The molecule has 2 rings (SSSR count). The third kappa shape index (κ3) is 3.76. The molecule has 1 N–H and O–H groups in total. The number of fused-ring (bicyclic) bond motifs is 1. The third-order valence-corrected chi connectivity index (χ3v) is 5.12. The van der Waals surface area contributed by atoms with Gasteiger partial charge in [-0.1, -0.05) is 24.3 Å². The van der Waals surface area contributed by atoms with Gasteiger partial charge in [0.05, 0.1) is 0 Å². The fourth-order valence-corrected chi connectivity index (χ4v) is 3.54. The second-order valence-corrected chi connectivity index (χ2v) is 6.78. The van der Waals surface area contributed by atoms with Gasteiger partial charge in [-0.15, -0.1) is 11.8 Å². The van der Waals surface area contributed by atoms with Crippen LogP contribution in [0.1, 0.15) is 30.2 Å². The maximum Gasteiger partial charge on any atom is 0.237 e. The summed E-state index contributed by atoms with van der Waals surface area (Å²) in [4.78, 5) is 14.6. The van der Waals surface area contributed by atoms with Gasteiger partial charge >= 0.3 is 0 Å². The molecule has 0 spiro atoms. The van der Waals surface area contributed by atoms with E-state index in [0.717, 1.165) is 18.7 Å². The molecule has 110 valence electrons. The number of hydrogen-bond donors (Lipinski definition) is 1. The molecule has 0 saturated carbocycles. The zero-order valence-electron chi connectivity index (χ0n) is 12.6. The first-order chi connectivity index (χ1) is 9.59. The van der Waals surface area contributed by atoms with Crippen molar-refractivity contribution >= 4 is 17.7 Å². The van der Waals surface area contributed by atoms with E-state index >= 15 is 0 Å². The number of nitrogens with zero attached hydrogens (tertiary/aromatic N) is 1. The van der Waals surface area contributed by atoms with E-state index in [2.05, 4.69) is 49.3 Å². The van der Waals surface area contributed by atoms with Crippen molar-refractivity contribution in [2.75, 3.05) is 25.9 Å². The lowest BCUT2D eigenvalue weighted by Crippen LogP contribution is -2.38. The van der Waals surface area contributed by atoms with E-state index in [1.807, 2.05) is 6.07 Å². The number of carbonyl (C=O) groups is 1. The van der Waals surface area contributed by atoms with E-state index in [0.29, 0.717) is 12.6 Å². The van der Waals surface area contributed by atoms with Gasteiger partial charge in [-0.25, -0.2) is 0 Å². The highest BCUT2D eigenvalue weighted by atomic mass is 32.2. The van der Waals surface area contributed by atoms with Crippen LogP contribution in [0.25, 0.3) is 0 Å². The van der Waals surface area contributed by atoms with Gasteiger partial charge in [0.2, 0.25) is 5.91 Å². The van der Waals surface area contributed by atoms with Crippen LogP contribution >= 0.6 is 11.8 Å². The van der Waals surface area contributed by atoms with Crippen molar-refractivity contribution in [3.05, 3.63) is 35.4 Å². The molecule has 0 bridgehead atoms. The number of aryl methyl sites for hydroxylation is 1. The Morgan fingerprint density at radius 3 is 2.95 bits per heavy atom. The van der Waals surface area contributed by atoms with Crippen LogP contribution in [-0.2, 0) is 11.2 Å². The first-order valence-electron chi connectivity index (χ1n) is 7.27. The van der Waals surface area contributed by atoms with Crippen molar-refractivity contribution in [3.8, 4) is 0 Å². The highest BCUT2D eigenvalue weighted by Crippen LogP contribution is 2.36. The molecule has 1 aromatic carbocycles. The molecule has 0 aromatic heterocycles. The van der Waals surface area contributed by atoms with Crippen molar-refractivity contribution < 1.29 is 4.79 Å². The number of carbonyl (C=O) groups excluding carboxylic acids is 1. The highest BCUT2D eigenvalue weighted by Gasteiger charge is 2.26. The fourth-order valence-electron chi connectivity index (χ4n) is 2.32. The molecular formula is C16H24N2OS. The minimum Gasteiger partial charge on any atom is -0.354 e. The Kier molecular flexibility index (Phi) is 5.49. The van der Waals surface area contributed by atoms with Crippen LogP contribution in [0.15, 0.2) is 24.3 Å². The van der Waals surface area contributed by atoms with E-state index in [4.69, 9.17) is 0 Å². The summed E-state index contributed by atoms with van der Waals surface area (Å²) in [5.74, 6) is 1.18. The predicted molar refractivity (Wildman–Crippen MR) is 86.1 cm³/mol. The Morgan fingerprint density at radius 1 is 1.45 bits per heavy atom. The molecule has 1 amide bonds. The molecule has 20 heavy (non-hydrogen) atoms. The van der Waals surface area contributed by atoms with E-state index in [1.54, 1.807) is 11.8 Å². The van der Waals surface area contributed by atoms with Crippen molar-refractivity contribution in [2.24, 2.45) is 0 Å². The molecule has 0 saturated heterocycles. The summed E-state index contributed by atoms with van der Waals surface area (Å²) in [5, 5.41) is 3.04. The van der Waals surface area contributed by atoms with E-state index < -0.39 is 0 Å². The summed E-state index contributed by atoms with van der Waals surface area (Å²) in [7, 11) is 2.08. The fraction of sp³-hybridized carbons (Fsp3) is 0.562. The molecule has 1 aliphatic heterocycles. The first kappa shape index (κ1) is 15.4. The number of likely N-dealkylation sites (N-methyl/N-ethyl adjacent to an activating group) is 1. The minimum atomic E-state index is -0.0377. The third-order valence-electron chi connectivity index (χ3n) is 3.88. The standard InChI is InChI=1S/C16H24N2OS/c1-12(2)18(3)10-9-17-16(19)15-14-7-5-4-6-13(14)8-11-20-15/h4-7,12,15H,8-11H2,1-3H3,(H,17,19)/t15-/m1/s1. The Balaban J connectivity index is 1.91. The normalized spacial score (nSPS) is 18.1. The van der Waals surface area contributed by atoms with Crippen LogP contribution in [-0.4, -0.2) is 42.7 Å². The number of rotatable bonds is 5. The molecule has 1 heterocycles. The second-order valence-electron chi connectivity index (χ2n) is 5.57. The van der Waals surface area contributed by atoms with Crippen LogP contribution < -0.4 is 5.32 Å². The number of hydrogen-bond acceptors (Lipinski definition) is 3. The summed E-state index contributed by atoms with van der Waals surface area (Å²) < 4.78 is 0. The average Bonchev–Trinajstić information content (AvgIpc) is 2.46. The summed E-state index contributed by atoms with van der Waals surface area (Å²) in [5.41, 5.74) is 2.52. The summed E-state index contributed by atoms with van der Waals surface area (Å²) in [6.45, 7) is 5.93. The molecule has 3 nitrogen and oxygen atoms in total. The summed E-state index contributed by atoms with van der Waals surface area (Å²) >= 11 is 1.75. The van der Waals surface area contributed by atoms with Gasteiger partial charge in [0.1, 0.15) is 5.25 Å². The molecular weight excluding hydrogens is 268 g/mol. The van der Waals surface area contributed by atoms with Crippen molar-refractivity contribution in [3.63, 3.8) is 0 Å². The minimum absolute atomic E-state index is 0.0377. The Bertz CT molecular complexity index is 462. The van der Waals surface area contributed by atoms with Gasteiger partial charge in [-0.3, -0.25) is 4.79 Å². The zero-order chi connectivity index (χ0) is 14.5. The Hall–Kier alpha value is -1.00. The van der Waals surface area contributed by atoms with Crippen LogP contribution in [0.5, 0.6) is 0 Å². The van der Waals surface area contributed by atoms with Crippen molar-refractivity contribution in [2.45, 2.75) is 31.6 Å². The maximum atomic E-state index is 12.4. The topological polar surface area (TPSA) is 32.3 Å².